The Balaban J connectivity index is 1.96. The van der Waals surface area contributed by atoms with Crippen molar-refractivity contribution in [2.75, 3.05) is 7.11 Å². The van der Waals surface area contributed by atoms with Crippen molar-refractivity contribution in [3.63, 3.8) is 0 Å². The van der Waals surface area contributed by atoms with Gasteiger partial charge in [0.15, 0.2) is 0 Å². The molecule has 0 unspecified atom stereocenters. The van der Waals surface area contributed by atoms with Gasteiger partial charge in [0.05, 0.1) is 23.7 Å². The molecule has 6 nitrogen and oxygen atoms in total. The Morgan fingerprint density at radius 1 is 1.25 bits per heavy atom. The van der Waals surface area contributed by atoms with Crippen LogP contribution in [0.4, 0.5) is 4.79 Å². The second-order valence-electron chi connectivity index (χ2n) is 7.38. The Morgan fingerprint density at radius 2 is 2.00 bits per heavy atom. The Labute approximate surface area is 174 Å². The summed E-state index contributed by atoms with van der Waals surface area (Å²) < 4.78 is 11.2. The predicted octanol–water partition coefficient (Wildman–Crippen LogP) is 4.75. The van der Waals surface area contributed by atoms with E-state index in [9.17, 15) is 9.59 Å². The summed E-state index contributed by atoms with van der Waals surface area (Å²) in [5.74, 6) is 0.406. The molecule has 8 heteroatoms. The lowest BCUT2D eigenvalue weighted by Gasteiger charge is -2.32. The summed E-state index contributed by atoms with van der Waals surface area (Å²) >= 11 is 12.4. The van der Waals surface area contributed by atoms with Gasteiger partial charge in [-0.2, -0.15) is 0 Å². The van der Waals surface area contributed by atoms with Gasteiger partial charge in [-0.05, 0) is 44.2 Å². The number of benzene rings is 1. The molecular formula is C20H24Cl2N2O4. The lowest BCUT2D eigenvalue weighted by atomic mass is 9.88. The summed E-state index contributed by atoms with van der Waals surface area (Å²) in [5.41, 5.74) is 1.24. The van der Waals surface area contributed by atoms with Crippen molar-refractivity contribution in [1.29, 1.82) is 0 Å². The minimum Gasteiger partial charge on any atom is -0.495 e. The number of hydrogen-bond acceptors (Lipinski definition) is 4. The van der Waals surface area contributed by atoms with Crippen molar-refractivity contribution in [2.45, 2.75) is 51.7 Å². The molecule has 0 radical (unpaired) electrons. The van der Waals surface area contributed by atoms with Gasteiger partial charge < -0.3 is 20.1 Å². The molecule has 0 aromatic heterocycles. The molecule has 1 saturated carbocycles. The lowest BCUT2D eigenvalue weighted by molar-refractivity contribution is -0.146. The summed E-state index contributed by atoms with van der Waals surface area (Å²) in [6.45, 7) is 3.83. The van der Waals surface area contributed by atoms with E-state index in [1.807, 2.05) is 0 Å². The highest BCUT2D eigenvalue weighted by Crippen LogP contribution is 2.40. The Bertz CT molecular complexity index is 825. The molecule has 28 heavy (non-hydrogen) atoms. The first-order chi connectivity index (χ1) is 13.3. The third kappa shape index (κ3) is 4.39. The van der Waals surface area contributed by atoms with E-state index in [4.69, 9.17) is 32.7 Å². The average Bonchev–Trinajstić information content (AvgIpc) is 2.60. The molecule has 0 bridgehead atoms. The predicted molar refractivity (Wildman–Crippen MR) is 108 cm³/mol. The number of esters is 1. The van der Waals surface area contributed by atoms with Gasteiger partial charge in [-0.3, -0.25) is 0 Å². The number of carbonyl (C=O) groups excluding carboxylic acids is 2. The fourth-order valence-electron chi connectivity index (χ4n) is 3.91. The zero-order chi connectivity index (χ0) is 20.4. The van der Waals surface area contributed by atoms with Crippen molar-refractivity contribution in [3.8, 4) is 5.75 Å². The van der Waals surface area contributed by atoms with Crippen molar-refractivity contribution in [1.82, 2.24) is 10.6 Å². The molecular weight excluding hydrogens is 403 g/mol. The van der Waals surface area contributed by atoms with E-state index < -0.39 is 18.0 Å². The van der Waals surface area contributed by atoms with Crippen LogP contribution in [0.5, 0.6) is 5.75 Å². The van der Waals surface area contributed by atoms with E-state index in [-0.39, 0.29) is 6.10 Å². The van der Waals surface area contributed by atoms with Gasteiger partial charge in [0, 0.05) is 16.3 Å². The maximum atomic E-state index is 13.1. The highest BCUT2D eigenvalue weighted by atomic mass is 35.5. The maximum Gasteiger partial charge on any atom is 0.338 e. The van der Waals surface area contributed by atoms with Crippen molar-refractivity contribution < 1.29 is 19.1 Å². The van der Waals surface area contributed by atoms with Crippen LogP contribution in [-0.2, 0) is 9.53 Å². The zero-order valence-corrected chi connectivity index (χ0v) is 17.6. The summed E-state index contributed by atoms with van der Waals surface area (Å²) in [4.78, 5) is 25.2. The number of allylic oxidation sites excluding steroid dienone is 1. The van der Waals surface area contributed by atoms with Crippen LogP contribution in [0.15, 0.2) is 23.4 Å². The Hall–Kier alpha value is -1.92. The van der Waals surface area contributed by atoms with Gasteiger partial charge in [0.25, 0.3) is 0 Å². The van der Waals surface area contributed by atoms with Crippen LogP contribution < -0.4 is 15.4 Å². The number of rotatable bonds is 4. The third-order valence-corrected chi connectivity index (χ3v) is 5.70. The molecule has 0 saturated heterocycles. The first-order valence-electron chi connectivity index (χ1n) is 9.32. The van der Waals surface area contributed by atoms with Crippen LogP contribution in [-0.4, -0.2) is 25.2 Å². The fraction of sp³-hybridized carbons (Fsp3) is 0.500. The number of ether oxygens (including phenoxy) is 2. The van der Waals surface area contributed by atoms with E-state index in [0.29, 0.717) is 38.5 Å². The monoisotopic (exact) mass is 426 g/mol. The summed E-state index contributed by atoms with van der Waals surface area (Å²) in [5, 5.41) is 6.08. The minimum absolute atomic E-state index is 0.125. The summed E-state index contributed by atoms with van der Waals surface area (Å²) in [6.07, 6.45) is 3.75. The smallest absolute Gasteiger partial charge is 0.338 e. The fourth-order valence-corrected chi connectivity index (χ4v) is 4.49. The second-order valence-corrected chi connectivity index (χ2v) is 8.22. The zero-order valence-electron chi connectivity index (χ0n) is 16.1. The normalized spacial score (nSPS) is 25.0. The summed E-state index contributed by atoms with van der Waals surface area (Å²) in [6, 6.07) is 1.97. The van der Waals surface area contributed by atoms with E-state index in [1.165, 1.54) is 7.11 Å². The largest absolute Gasteiger partial charge is 0.495 e. The average molecular weight is 427 g/mol. The Kier molecular flexibility index (Phi) is 6.40. The maximum absolute atomic E-state index is 13.1. The molecule has 1 aliphatic heterocycles. The number of carbonyl (C=O) groups is 2. The van der Waals surface area contributed by atoms with E-state index in [1.54, 1.807) is 19.1 Å². The molecule has 2 aliphatic rings. The molecule has 3 rings (SSSR count). The highest BCUT2D eigenvalue weighted by Gasteiger charge is 2.36. The summed E-state index contributed by atoms with van der Waals surface area (Å²) in [7, 11) is 1.47. The first-order valence-corrected chi connectivity index (χ1v) is 10.1. The van der Waals surface area contributed by atoms with Crippen LogP contribution in [0, 0.1) is 5.92 Å². The van der Waals surface area contributed by atoms with Crippen LogP contribution in [0.1, 0.15) is 51.1 Å². The molecule has 2 N–H and O–H groups in total. The topological polar surface area (TPSA) is 76.7 Å². The number of nitrogens with one attached hydrogen (secondary N) is 2. The Morgan fingerprint density at radius 3 is 2.68 bits per heavy atom. The molecule has 1 aliphatic carbocycles. The molecule has 1 aromatic rings. The third-order valence-electron chi connectivity index (χ3n) is 5.20. The molecule has 152 valence electrons. The lowest BCUT2D eigenvalue weighted by Crippen LogP contribution is -2.45. The molecule has 1 fully saturated rings. The van der Waals surface area contributed by atoms with Gasteiger partial charge >= 0.3 is 12.0 Å². The van der Waals surface area contributed by atoms with E-state index >= 15 is 0 Å². The first kappa shape index (κ1) is 20.8. The quantitative estimate of drug-likeness (QED) is 0.680. The molecule has 1 heterocycles. The van der Waals surface area contributed by atoms with E-state index in [0.717, 1.165) is 25.7 Å². The number of urea groups is 1. The highest BCUT2D eigenvalue weighted by molar-refractivity contribution is 6.35. The van der Waals surface area contributed by atoms with Gasteiger partial charge in [0.1, 0.15) is 11.9 Å². The van der Waals surface area contributed by atoms with Gasteiger partial charge in [-0.25, -0.2) is 9.59 Å². The van der Waals surface area contributed by atoms with Crippen LogP contribution in [0.2, 0.25) is 10.0 Å². The van der Waals surface area contributed by atoms with Crippen LogP contribution in [0.3, 0.4) is 0 Å². The van der Waals surface area contributed by atoms with Gasteiger partial charge in [0.2, 0.25) is 0 Å². The van der Waals surface area contributed by atoms with Gasteiger partial charge in [-0.1, -0.05) is 36.5 Å². The van der Waals surface area contributed by atoms with Crippen LogP contribution in [0.25, 0.3) is 0 Å². The number of amides is 2. The molecule has 2 amide bonds. The van der Waals surface area contributed by atoms with Gasteiger partial charge in [-0.15, -0.1) is 0 Å². The second kappa shape index (κ2) is 8.62. The minimum atomic E-state index is -0.784. The number of hydrogen-bond donors (Lipinski definition) is 2. The number of methoxy groups -OCH3 is 1. The molecule has 0 spiro atoms. The number of halogens is 2. The van der Waals surface area contributed by atoms with E-state index in [2.05, 4.69) is 17.6 Å². The van der Waals surface area contributed by atoms with Crippen molar-refractivity contribution in [2.24, 2.45) is 5.92 Å². The SMILES string of the molecule is COc1c(Cl)cc(Cl)cc1[C@H]1NC(=O)NC(C)=C1C(=O)O[C@@H]1CCC[C@H](C)C1. The molecule has 1 aromatic carbocycles. The van der Waals surface area contributed by atoms with Crippen molar-refractivity contribution in [3.05, 3.63) is 39.0 Å². The van der Waals surface area contributed by atoms with Crippen LogP contribution >= 0.6 is 23.2 Å². The molecule has 3 atom stereocenters. The standard InChI is InChI=1S/C20H24Cl2N2O4/c1-10-5-4-6-13(7-10)28-19(25)16-11(2)23-20(26)24-17(16)14-8-12(21)9-15(22)18(14)27-3/h8-10,13,17H,4-7H2,1-3H3,(H2,23,24,26)/t10-,13+,17+/m0/s1. The van der Waals surface area contributed by atoms with Crippen molar-refractivity contribution >= 4 is 35.2 Å².